The molecule has 0 bridgehead atoms. The van der Waals surface area contributed by atoms with E-state index in [1.54, 1.807) is 12.1 Å². The molecule has 1 N–H and O–H groups in total. The van der Waals surface area contributed by atoms with E-state index in [2.05, 4.69) is 5.32 Å². The third kappa shape index (κ3) is 5.24. The number of carbonyl (C=O) groups excluding carboxylic acids is 2. The molecule has 6 nitrogen and oxygen atoms in total. The van der Waals surface area contributed by atoms with Crippen LogP contribution in [0.15, 0.2) is 29.2 Å². The number of esters is 1. The van der Waals surface area contributed by atoms with Crippen LogP contribution < -0.4 is 5.32 Å². The molecule has 1 aromatic rings. The van der Waals surface area contributed by atoms with Crippen molar-refractivity contribution in [2.24, 2.45) is 0 Å². The summed E-state index contributed by atoms with van der Waals surface area (Å²) < 4.78 is 27.7. The van der Waals surface area contributed by atoms with Gasteiger partial charge in [0.2, 0.25) is 0 Å². The first-order valence-corrected chi connectivity index (χ1v) is 10.1. The largest absolute Gasteiger partial charge is 0.452 e. The van der Waals surface area contributed by atoms with Crippen LogP contribution in [0.1, 0.15) is 23.7 Å². The number of ether oxygens (including phenoxy) is 1. The zero-order chi connectivity index (χ0) is 16.9. The molecule has 1 saturated heterocycles. The van der Waals surface area contributed by atoms with Crippen molar-refractivity contribution in [3.8, 4) is 0 Å². The minimum Gasteiger partial charge on any atom is -0.452 e. The topological polar surface area (TPSA) is 89.5 Å². The van der Waals surface area contributed by atoms with Gasteiger partial charge in [0, 0.05) is 10.9 Å². The Kier molecular flexibility index (Phi) is 6.06. The first-order chi connectivity index (χ1) is 10.9. The number of carbonyl (C=O) groups is 2. The Labute approximate surface area is 139 Å². The number of sulfone groups is 1. The van der Waals surface area contributed by atoms with Crippen molar-refractivity contribution in [2.75, 3.05) is 23.9 Å². The van der Waals surface area contributed by atoms with Crippen molar-refractivity contribution in [1.29, 1.82) is 0 Å². The van der Waals surface area contributed by atoms with Gasteiger partial charge in [-0.2, -0.15) is 0 Å². The van der Waals surface area contributed by atoms with Crippen LogP contribution >= 0.6 is 11.8 Å². The van der Waals surface area contributed by atoms with Gasteiger partial charge in [-0.25, -0.2) is 13.2 Å². The van der Waals surface area contributed by atoms with E-state index in [1.165, 1.54) is 11.8 Å². The highest BCUT2D eigenvalue weighted by Crippen LogP contribution is 2.22. The summed E-state index contributed by atoms with van der Waals surface area (Å²) in [7, 11) is -3.05. The zero-order valence-electron chi connectivity index (χ0n) is 12.8. The van der Waals surface area contributed by atoms with Crippen LogP contribution in [0.25, 0.3) is 0 Å². The number of benzene rings is 1. The van der Waals surface area contributed by atoms with Crippen LogP contribution in [-0.2, 0) is 19.4 Å². The van der Waals surface area contributed by atoms with Crippen LogP contribution in [0.3, 0.4) is 0 Å². The third-order valence-corrected chi connectivity index (χ3v) is 6.06. The maximum Gasteiger partial charge on any atom is 0.339 e. The molecule has 1 atom stereocenters. The predicted molar refractivity (Wildman–Crippen MR) is 88.3 cm³/mol. The standard InChI is InChI=1S/C15H19NO5S2/c1-2-22-13-6-4-3-5-12(13)15(18)21-9-14(17)16-11-7-8-23(19,20)10-11/h3-6,11H,2,7-10H2,1H3,(H,16,17)/t11-/m0/s1. The minimum absolute atomic E-state index is 0.0529. The van der Waals surface area contributed by atoms with E-state index in [0.717, 1.165) is 10.6 Å². The molecule has 0 aromatic heterocycles. The summed E-state index contributed by atoms with van der Waals surface area (Å²) in [4.78, 5) is 24.6. The fraction of sp³-hybridized carbons (Fsp3) is 0.467. The third-order valence-electron chi connectivity index (χ3n) is 3.34. The van der Waals surface area contributed by atoms with Gasteiger partial charge in [0.1, 0.15) is 0 Å². The van der Waals surface area contributed by atoms with Crippen molar-refractivity contribution in [2.45, 2.75) is 24.3 Å². The van der Waals surface area contributed by atoms with Crippen molar-refractivity contribution in [3.05, 3.63) is 29.8 Å². The van der Waals surface area contributed by atoms with Gasteiger partial charge in [-0.3, -0.25) is 4.79 Å². The highest BCUT2D eigenvalue weighted by molar-refractivity contribution is 7.99. The Balaban J connectivity index is 1.86. The highest BCUT2D eigenvalue weighted by atomic mass is 32.2. The van der Waals surface area contributed by atoms with E-state index in [9.17, 15) is 18.0 Å². The van der Waals surface area contributed by atoms with Crippen molar-refractivity contribution in [3.63, 3.8) is 0 Å². The average molecular weight is 357 g/mol. The summed E-state index contributed by atoms with van der Waals surface area (Å²) >= 11 is 1.52. The van der Waals surface area contributed by atoms with Crippen LogP contribution in [0.4, 0.5) is 0 Å². The molecule has 1 amide bonds. The Morgan fingerprint density at radius 2 is 2.09 bits per heavy atom. The molecular formula is C15H19NO5S2. The molecule has 0 saturated carbocycles. The van der Waals surface area contributed by atoms with Crippen molar-refractivity contribution < 1.29 is 22.7 Å². The lowest BCUT2D eigenvalue weighted by Gasteiger charge is -2.12. The maximum atomic E-state index is 12.1. The molecule has 1 aliphatic heterocycles. The van der Waals surface area contributed by atoms with Crippen molar-refractivity contribution >= 4 is 33.5 Å². The van der Waals surface area contributed by atoms with Gasteiger partial charge in [0.25, 0.3) is 5.91 Å². The molecule has 0 unspecified atom stereocenters. The molecule has 126 valence electrons. The highest BCUT2D eigenvalue weighted by Gasteiger charge is 2.29. The number of hydrogen-bond acceptors (Lipinski definition) is 6. The molecule has 0 radical (unpaired) electrons. The lowest BCUT2D eigenvalue weighted by atomic mass is 10.2. The van der Waals surface area contributed by atoms with Gasteiger partial charge in [-0.05, 0) is 24.3 Å². The van der Waals surface area contributed by atoms with Crippen LogP contribution in [0, 0.1) is 0 Å². The van der Waals surface area contributed by atoms with Gasteiger partial charge in [-0.1, -0.05) is 19.1 Å². The Hall–Kier alpha value is -1.54. The molecule has 2 rings (SSSR count). The number of amides is 1. The molecule has 1 heterocycles. The van der Waals surface area contributed by atoms with E-state index in [4.69, 9.17) is 4.74 Å². The predicted octanol–water partition coefficient (Wildman–Crippen LogP) is 1.26. The van der Waals surface area contributed by atoms with Gasteiger partial charge in [-0.15, -0.1) is 11.8 Å². The van der Waals surface area contributed by atoms with Gasteiger partial charge < -0.3 is 10.1 Å². The summed E-state index contributed by atoms with van der Waals surface area (Å²) in [5.74, 6) is -0.194. The van der Waals surface area contributed by atoms with Crippen LogP contribution in [-0.4, -0.2) is 50.2 Å². The normalized spacial score (nSPS) is 19.3. The second kappa shape index (κ2) is 7.83. The minimum atomic E-state index is -3.05. The second-order valence-corrected chi connectivity index (χ2v) is 8.71. The van der Waals surface area contributed by atoms with Crippen LogP contribution in [0.5, 0.6) is 0 Å². The summed E-state index contributed by atoms with van der Waals surface area (Å²) in [6, 6.07) is 6.66. The molecule has 1 aromatic carbocycles. The summed E-state index contributed by atoms with van der Waals surface area (Å²) in [5, 5.41) is 2.58. The monoisotopic (exact) mass is 357 g/mol. The summed E-state index contributed by atoms with van der Waals surface area (Å²) in [6.45, 7) is 1.57. The molecule has 8 heteroatoms. The lowest BCUT2D eigenvalue weighted by molar-refractivity contribution is -0.124. The smallest absolute Gasteiger partial charge is 0.339 e. The molecule has 1 fully saturated rings. The van der Waals surface area contributed by atoms with Crippen molar-refractivity contribution in [1.82, 2.24) is 5.32 Å². The fourth-order valence-corrected chi connectivity index (χ4v) is 4.77. The van der Waals surface area contributed by atoms with E-state index < -0.39 is 34.4 Å². The Morgan fingerprint density at radius 1 is 1.35 bits per heavy atom. The molecular weight excluding hydrogens is 338 g/mol. The molecule has 0 aliphatic carbocycles. The SMILES string of the molecule is CCSc1ccccc1C(=O)OCC(=O)N[C@H]1CCS(=O)(=O)C1. The first-order valence-electron chi connectivity index (χ1n) is 7.30. The second-order valence-electron chi connectivity index (χ2n) is 5.17. The number of hydrogen-bond donors (Lipinski definition) is 1. The molecule has 23 heavy (non-hydrogen) atoms. The lowest BCUT2D eigenvalue weighted by Crippen LogP contribution is -2.38. The quantitative estimate of drug-likeness (QED) is 0.609. The van der Waals surface area contributed by atoms with E-state index in [0.29, 0.717) is 12.0 Å². The van der Waals surface area contributed by atoms with E-state index in [1.807, 2.05) is 19.1 Å². The van der Waals surface area contributed by atoms with Gasteiger partial charge in [0.05, 0.1) is 17.1 Å². The average Bonchev–Trinajstić information content (AvgIpc) is 2.84. The Morgan fingerprint density at radius 3 is 2.74 bits per heavy atom. The molecule has 1 aliphatic rings. The van der Waals surface area contributed by atoms with E-state index >= 15 is 0 Å². The van der Waals surface area contributed by atoms with Crippen LogP contribution in [0.2, 0.25) is 0 Å². The Bertz CT molecular complexity index is 687. The zero-order valence-corrected chi connectivity index (χ0v) is 14.4. The maximum absolute atomic E-state index is 12.1. The number of nitrogens with one attached hydrogen (secondary N) is 1. The van der Waals surface area contributed by atoms with E-state index in [-0.39, 0.29) is 11.5 Å². The summed E-state index contributed by atoms with van der Waals surface area (Å²) in [5.41, 5.74) is 0.426. The number of thioether (sulfide) groups is 1. The molecule has 0 spiro atoms. The van der Waals surface area contributed by atoms with Gasteiger partial charge in [0.15, 0.2) is 16.4 Å². The fourth-order valence-electron chi connectivity index (χ4n) is 2.30. The summed E-state index contributed by atoms with van der Waals surface area (Å²) in [6.07, 6.45) is 0.401. The number of rotatable bonds is 6. The van der Waals surface area contributed by atoms with Gasteiger partial charge >= 0.3 is 5.97 Å². The first kappa shape index (κ1) is 17.8.